The molecular weight excluding hydrogens is 291 g/mol. The van der Waals surface area contributed by atoms with Gasteiger partial charge >= 0.3 is 6.18 Å². The van der Waals surface area contributed by atoms with Gasteiger partial charge in [0, 0.05) is 12.5 Å². The predicted molar refractivity (Wildman–Crippen MR) is 72.1 cm³/mol. The van der Waals surface area contributed by atoms with Crippen LogP contribution >= 0.6 is 11.6 Å². The second kappa shape index (κ2) is 6.22. The summed E-state index contributed by atoms with van der Waals surface area (Å²) in [5, 5.41) is 2.88. The molecule has 2 rings (SSSR count). The molecule has 6 heteroatoms. The molecule has 1 fully saturated rings. The Morgan fingerprint density at radius 3 is 2.75 bits per heavy atom. The summed E-state index contributed by atoms with van der Waals surface area (Å²) in [6, 6.07) is 4.04. The van der Waals surface area contributed by atoms with E-state index in [9.17, 15) is 13.2 Å². The van der Waals surface area contributed by atoms with Gasteiger partial charge in [-0.05, 0) is 31.5 Å². The van der Waals surface area contributed by atoms with Crippen molar-refractivity contribution in [3.8, 4) is 5.75 Å². The minimum Gasteiger partial charge on any atom is -0.489 e. The van der Waals surface area contributed by atoms with Crippen LogP contribution < -0.4 is 10.1 Å². The highest BCUT2D eigenvalue weighted by atomic mass is 35.5. The summed E-state index contributed by atoms with van der Waals surface area (Å²) < 4.78 is 44.8. The number of ether oxygens (including phenoxy) is 1. The van der Waals surface area contributed by atoms with Gasteiger partial charge in [-0.3, -0.25) is 0 Å². The smallest absolute Gasteiger partial charge is 0.421 e. The van der Waals surface area contributed by atoms with Crippen LogP contribution in [0.5, 0.6) is 5.75 Å². The Balaban J connectivity index is 2.26. The maximum absolute atomic E-state index is 13.1. The van der Waals surface area contributed by atoms with Crippen LogP contribution in [0.1, 0.15) is 25.3 Å². The normalized spacial score (nSPS) is 20.9. The van der Waals surface area contributed by atoms with Crippen molar-refractivity contribution in [2.24, 2.45) is 5.92 Å². The van der Waals surface area contributed by atoms with Crippen molar-refractivity contribution >= 4 is 11.6 Å². The fourth-order valence-electron chi connectivity index (χ4n) is 2.55. The molecule has 1 aliphatic rings. The molecule has 1 aromatic carbocycles. The average molecular weight is 308 g/mol. The predicted octanol–water partition coefficient (Wildman–Crippen LogP) is 4.13. The molecule has 1 unspecified atom stereocenters. The Morgan fingerprint density at radius 1 is 1.45 bits per heavy atom. The minimum absolute atomic E-state index is 0.177. The third-order valence-electron chi connectivity index (χ3n) is 3.56. The van der Waals surface area contributed by atoms with Crippen LogP contribution in [0.3, 0.4) is 0 Å². The van der Waals surface area contributed by atoms with Gasteiger partial charge in [0.25, 0.3) is 0 Å². The first-order valence-corrected chi connectivity index (χ1v) is 7.04. The fourth-order valence-corrected chi connectivity index (χ4v) is 2.82. The molecule has 1 heterocycles. The van der Waals surface area contributed by atoms with E-state index in [0.717, 1.165) is 19.5 Å². The lowest BCUT2D eigenvalue weighted by Crippen LogP contribution is -2.29. The van der Waals surface area contributed by atoms with Crippen molar-refractivity contribution < 1.29 is 17.9 Å². The van der Waals surface area contributed by atoms with Gasteiger partial charge in [0.05, 0.1) is 5.02 Å². The zero-order valence-corrected chi connectivity index (χ0v) is 11.9. The van der Waals surface area contributed by atoms with Gasteiger partial charge in [-0.2, -0.15) is 13.2 Å². The maximum Gasteiger partial charge on any atom is 0.421 e. The highest BCUT2D eigenvalue weighted by molar-refractivity contribution is 6.31. The van der Waals surface area contributed by atoms with Gasteiger partial charge in [-0.15, -0.1) is 0 Å². The van der Waals surface area contributed by atoms with Gasteiger partial charge in [0.1, 0.15) is 17.4 Å². The first-order chi connectivity index (χ1) is 9.43. The average Bonchev–Trinajstić information content (AvgIpc) is 2.88. The summed E-state index contributed by atoms with van der Waals surface area (Å²) in [7, 11) is 0. The van der Waals surface area contributed by atoms with E-state index in [0.29, 0.717) is 6.42 Å². The molecule has 1 N–H and O–H groups in total. The van der Waals surface area contributed by atoms with Crippen molar-refractivity contribution in [2.75, 3.05) is 13.1 Å². The molecule has 0 aliphatic carbocycles. The number of halogens is 4. The molecule has 1 aliphatic heterocycles. The van der Waals surface area contributed by atoms with Gasteiger partial charge in [-0.1, -0.05) is 24.6 Å². The van der Waals surface area contributed by atoms with Crippen molar-refractivity contribution in [1.82, 2.24) is 5.32 Å². The largest absolute Gasteiger partial charge is 0.489 e. The number of nitrogens with one attached hydrogen (secondary N) is 1. The van der Waals surface area contributed by atoms with Crippen LogP contribution in [0.2, 0.25) is 5.02 Å². The second-order valence-electron chi connectivity index (χ2n) is 4.93. The third kappa shape index (κ3) is 3.38. The molecule has 1 aromatic rings. The molecule has 20 heavy (non-hydrogen) atoms. The van der Waals surface area contributed by atoms with E-state index in [-0.39, 0.29) is 22.8 Å². The summed E-state index contributed by atoms with van der Waals surface area (Å²) in [5.74, 6) is 0.0591. The number of rotatable bonds is 4. The SMILES string of the molecule is CC[C@@H](Oc1cccc(Cl)c1C(F)(F)F)C1CCNC1. The lowest BCUT2D eigenvalue weighted by molar-refractivity contribution is -0.139. The molecule has 0 saturated carbocycles. The topological polar surface area (TPSA) is 21.3 Å². The molecule has 0 spiro atoms. The van der Waals surface area contributed by atoms with E-state index in [2.05, 4.69) is 5.32 Å². The fraction of sp³-hybridized carbons (Fsp3) is 0.571. The molecule has 2 atom stereocenters. The first kappa shape index (κ1) is 15.4. The van der Waals surface area contributed by atoms with Crippen LogP contribution in [0, 0.1) is 5.92 Å². The van der Waals surface area contributed by atoms with E-state index in [1.807, 2.05) is 6.92 Å². The highest BCUT2D eigenvalue weighted by Crippen LogP contribution is 2.41. The van der Waals surface area contributed by atoms with E-state index >= 15 is 0 Å². The standard InChI is InChI=1S/C14H17ClF3NO/c1-2-11(9-6-7-19-8-9)20-12-5-3-4-10(15)13(12)14(16,17)18/h3-5,9,11,19H,2,6-8H2,1H3/t9?,11-/m1/s1. The zero-order chi connectivity index (χ0) is 14.8. The van der Waals surface area contributed by atoms with Gasteiger partial charge in [-0.25, -0.2) is 0 Å². The molecule has 2 nitrogen and oxygen atoms in total. The van der Waals surface area contributed by atoms with Crippen LogP contribution in [0.25, 0.3) is 0 Å². The molecule has 1 saturated heterocycles. The molecular formula is C14H17ClF3NO. The maximum atomic E-state index is 13.1. The van der Waals surface area contributed by atoms with Crippen molar-refractivity contribution in [3.63, 3.8) is 0 Å². The Morgan fingerprint density at radius 2 is 2.20 bits per heavy atom. The summed E-state index contributed by atoms with van der Waals surface area (Å²) in [6.07, 6.45) is -3.17. The van der Waals surface area contributed by atoms with Crippen molar-refractivity contribution in [2.45, 2.75) is 32.0 Å². The summed E-state index contributed by atoms with van der Waals surface area (Å²) in [5.41, 5.74) is -0.883. The lowest BCUT2D eigenvalue weighted by Gasteiger charge is -2.25. The van der Waals surface area contributed by atoms with Gasteiger partial charge in [0.15, 0.2) is 0 Å². The number of benzene rings is 1. The van der Waals surface area contributed by atoms with E-state index in [1.165, 1.54) is 18.2 Å². The quantitative estimate of drug-likeness (QED) is 0.903. The molecule has 0 aromatic heterocycles. The monoisotopic (exact) mass is 307 g/mol. The molecule has 0 radical (unpaired) electrons. The Labute approximate surface area is 121 Å². The van der Waals surface area contributed by atoms with Crippen LogP contribution in [0.15, 0.2) is 18.2 Å². The third-order valence-corrected chi connectivity index (χ3v) is 3.88. The van der Waals surface area contributed by atoms with Crippen LogP contribution in [0.4, 0.5) is 13.2 Å². The zero-order valence-electron chi connectivity index (χ0n) is 11.1. The number of hydrogen-bond donors (Lipinski definition) is 1. The second-order valence-corrected chi connectivity index (χ2v) is 5.34. The van der Waals surface area contributed by atoms with Gasteiger partial charge in [0.2, 0.25) is 0 Å². The number of hydrogen-bond acceptors (Lipinski definition) is 2. The molecule has 112 valence electrons. The van der Waals surface area contributed by atoms with Crippen molar-refractivity contribution in [1.29, 1.82) is 0 Å². The lowest BCUT2D eigenvalue weighted by atomic mass is 9.99. The highest BCUT2D eigenvalue weighted by Gasteiger charge is 2.38. The summed E-state index contributed by atoms with van der Waals surface area (Å²) >= 11 is 5.69. The first-order valence-electron chi connectivity index (χ1n) is 6.66. The Bertz CT molecular complexity index is 458. The molecule has 0 amide bonds. The number of alkyl halides is 3. The molecule has 0 bridgehead atoms. The van der Waals surface area contributed by atoms with Crippen LogP contribution in [-0.4, -0.2) is 19.2 Å². The van der Waals surface area contributed by atoms with E-state index in [1.54, 1.807) is 0 Å². The van der Waals surface area contributed by atoms with Gasteiger partial charge < -0.3 is 10.1 Å². The Kier molecular flexibility index (Phi) is 4.81. The van der Waals surface area contributed by atoms with E-state index in [4.69, 9.17) is 16.3 Å². The van der Waals surface area contributed by atoms with Crippen molar-refractivity contribution in [3.05, 3.63) is 28.8 Å². The summed E-state index contributed by atoms with van der Waals surface area (Å²) in [6.45, 7) is 3.58. The Hall–Kier alpha value is -0.940. The van der Waals surface area contributed by atoms with Crippen LogP contribution in [-0.2, 0) is 6.18 Å². The van der Waals surface area contributed by atoms with E-state index < -0.39 is 11.7 Å². The minimum atomic E-state index is -4.51. The summed E-state index contributed by atoms with van der Waals surface area (Å²) in [4.78, 5) is 0.